The van der Waals surface area contributed by atoms with E-state index in [-0.39, 0.29) is 0 Å². The lowest BCUT2D eigenvalue weighted by Gasteiger charge is -2.16. The zero-order valence-electron chi connectivity index (χ0n) is 5.14. The van der Waals surface area contributed by atoms with Crippen molar-refractivity contribution in [2.75, 3.05) is 0 Å². The average Bonchev–Trinajstić information content (AvgIpc) is 1.96. The van der Waals surface area contributed by atoms with Crippen molar-refractivity contribution < 1.29 is 4.39 Å². The molecule has 0 aromatic rings. The first-order valence-electron chi connectivity index (χ1n) is 2.82. The third kappa shape index (κ3) is 1.12. The predicted octanol–water partition coefficient (Wildman–Crippen LogP) is 2.46. The summed E-state index contributed by atoms with van der Waals surface area (Å²) in [4.78, 5) is 0. The zero-order chi connectivity index (χ0) is 7.61. The third-order valence-electron chi connectivity index (χ3n) is 1.33. The van der Waals surface area contributed by atoms with Gasteiger partial charge in [0.05, 0.1) is 6.07 Å². The average molecular weight is 202 g/mol. The maximum absolute atomic E-state index is 12.8. The van der Waals surface area contributed by atoms with Gasteiger partial charge in [0.15, 0.2) is 4.32 Å². The van der Waals surface area contributed by atoms with Crippen LogP contribution in [0.5, 0.6) is 0 Å². The molecule has 0 spiro atoms. The number of allylic oxidation sites excluding steroid dienone is 4. The summed E-state index contributed by atoms with van der Waals surface area (Å²) >= 11 is 3.00. The molecule has 1 aliphatic rings. The summed E-state index contributed by atoms with van der Waals surface area (Å²) in [6.45, 7) is 0. The van der Waals surface area contributed by atoms with E-state index in [1.165, 1.54) is 6.08 Å². The molecule has 1 aliphatic carbocycles. The van der Waals surface area contributed by atoms with Crippen molar-refractivity contribution in [3.8, 4) is 6.07 Å². The summed E-state index contributed by atoms with van der Waals surface area (Å²) in [6, 6.07) is 1.85. The largest absolute Gasteiger partial charge is 0.209 e. The van der Waals surface area contributed by atoms with Crippen molar-refractivity contribution in [1.29, 1.82) is 5.26 Å². The quantitative estimate of drug-likeness (QED) is 0.553. The summed E-state index contributed by atoms with van der Waals surface area (Å²) in [7, 11) is 0. The molecule has 10 heavy (non-hydrogen) atoms. The van der Waals surface area contributed by atoms with Gasteiger partial charge in [-0.1, -0.05) is 28.1 Å². The van der Waals surface area contributed by atoms with E-state index in [1.807, 2.05) is 6.07 Å². The fraction of sp³-hybridized carbons (Fsp3) is 0.286. The van der Waals surface area contributed by atoms with E-state index < -0.39 is 10.2 Å². The van der Waals surface area contributed by atoms with Gasteiger partial charge in [0, 0.05) is 6.42 Å². The van der Waals surface area contributed by atoms with E-state index in [1.54, 1.807) is 12.2 Å². The van der Waals surface area contributed by atoms with Gasteiger partial charge in [-0.3, -0.25) is 0 Å². The van der Waals surface area contributed by atoms with Gasteiger partial charge in [0.1, 0.15) is 5.83 Å². The molecule has 1 nitrogen and oxygen atoms in total. The van der Waals surface area contributed by atoms with Crippen molar-refractivity contribution in [1.82, 2.24) is 0 Å². The molecule has 0 saturated carbocycles. The van der Waals surface area contributed by atoms with E-state index in [0.717, 1.165) is 0 Å². The normalized spacial score (nSPS) is 31.1. The molecular weight excluding hydrogens is 197 g/mol. The molecule has 0 aromatic heterocycles. The number of rotatable bonds is 0. The van der Waals surface area contributed by atoms with Crippen molar-refractivity contribution in [2.45, 2.75) is 10.7 Å². The highest BCUT2D eigenvalue weighted by atomic mass is 79.9. The van der Waals surface area contributed by atoms with Crippen molar-refractivity contribution >= 4 is 15.9 Å². The molecule has 0 amide bonds. The van der Waals surface area contributed by atoms with Crippen molar-refractivity contribution in [2.24, 2.45) is 0 Å². The maximum Gasteiger partial charge on any atom is 0.166 e. The van der Waals surface area contributed by atoms with E-state index in [4.69, 9.17) is 5.26 Å². The molecule has 0 bridgehead atoms. The molecule has 0 saturated heterocycles. The number of nitrogens with zero attached hydrogens (tertiary/aromatic N) is 1. The van der Waals surface area contributed by atoms with E-state index >= 15 is 0 Å². The van der Waals surface area contributed by atoms with Gasteiger partial charge < -0.3 is 0 Å². The van der Waals surface area contributed by atoms with E-state index in [0.29, 0.717) is 6.42 Å². The molecule has 0 N–H and O–H groups in total. The minimum absolute atomic E-state index is 0.395. The van der Waals surface area contributed by atoms with Crippen LogP contribution in [0.2, 0.25) is 0 Å². The second-order valence-electron chi connectivity index (χ2n) is 2.06. The van der Waals surface area contributed by atoms with Crippen LogP contribution in [0.15, 0.2) is 24.1 Å². The molecule has 0 aromatic carbocycles. The first-order valence-corrected chi connectivity index (χ1v) is 3.61. The lowest BCUT2D eigenvalue weighted by atomic mass is 10.0. The SMILES string of the molecule is N#CC1(Br)CC=CC=C1F. The van der Waals surface area contributed by atoms with Gasteiger partial charge >= 0.3 is 0 Å². The maximum atomic E-state index is 12.8. The Morgan fingerprint density at radius 2 is 2.50 bits per heavy atom. The molecule has 0 aliphatic heterocycles. The summed E-state index contributed by atoms with van der Waals surface area (Å²) in [5.74, 6) is -0.419. The smallest absolute Gasteiger partial charge is 0.166 e. The fourth-order valence-electron chi connectivity index (χ4n) is 0.712. The lowest BCUT2D eigenvalue weighted by molar-refractivity contribution is 0.559. The molecule has 52 valence electrons. The second-order valence-corrected chi connectivity index (χ2v) is 3.41. The van der Waals surface area contributed by atoms with Crippen LogP contribution < -0.4 is 0 Å². The van der Waals surface area contributed by atoms with Crippen LogP contribution in [0.3, 0.4) is 0 Å². The highest BCUT2D eigenvalue weighted by Gasteiger charge is 2.31. The lowest BCUT2D eigenvalue weighted by Crippen LogP contribution is -2.19. The van der Waals surface area contributed by atoms with Crippen LogP contribution in [-0.2, 0) is 0 Å². The Hall–Kier alpha value is -0.620. The van der Waals surface area contributed by atoms with Crippen LogP contribution >= 0.6 is 15.9 Å². The number of nitriles is 1. The van der Waals surface area contributed by atoms with E-state index in [2.05, 4.69) is 15.9 Å². The highest BCUT2D eigenvalue weighted by Crippen LogP contribution is 2.34. The molecule has 0 fully saturated rings. The summed E-state index contributed by atoms with van der Waals surface area (Å²) in [6.07, 6.45) is 5.04. The molecular formula is C7H5BrFN. The van der Waals surface area contributed by atoms with Gasteiger partial charge in [-0.15, -0.1) is 0 Å². The Labute approximate surface area is 67.0 Å². The standard InChI is InChI=1S/C7H5BrFN/c8-7(5-10)4-2-1-3-6(7)9/h1-3H,4H2. The third-order valence-corrected chi connectivity index (χ3v) is 2.21. The first kappa shape index (κ1) is 7.49. The van der Waals surface area contributed by atoms with Gasteiger partial charge in [0.2, 0.25) is 0 Å². The number of halogens is 2. The Balaban J connectivity index is 2.95. The number of hydrogen-bond acceptors (Lipinski definition) is 1. The van der Waals surface area contributed by atoms with Gasteiger partial charge in [-0.25, -0.2) is 4.39 Å². The molecule has 0 heterocycles. The van der Waals surface area contributed by atoms with Gasteiger partial charge in [-0.05, 0) is 6.08 Å². The molecule has 3 heteroatoms. The minimum atomic E-state index is -1.10. The van der Waals surface area contributed by atoms with Gasteiger partial charge in [-0.2, -0.15) is 5.26 Å². The second kappa shape index (κ2) is 2.55. The van der Waals surface area contributed by atoms with Crippen molar-refractivity contribution in [3.05, 3.63) is 24.1 Å². The minimum Gasteiger partial charge on any atom is -0.209 e. The zero-order valence-corrected chi connectivity index (χ0v) is 6.73. The number of hydrogen-bond donors (Lipinski definition) is 0. The summed E-state index contributed by atoms with van der Waals surface area (Å²) in [5.41, 5.74) is 0. The molecule has 1 rings (SSSR count). The van der Waals surface area contributed by atoms with Gasteiger partial charge in [0.25, 0.3) is 0 Å². The monoisotopic (exact) mass is 201 g/mol. The fourth-order valence-corrected chi connectivity index (χ4v) is 1.03. The van der Waals surface area contributed by atoms with Crippen LogP contribution in [0, 0.1) is 11.3 Å². The Bertz CT molecular complexity index is 238. The topological polar surface area (TPSA) is 23.8 Å². The Morgan fingerprint density at radius 1 is 1.80 bits per heavy atom. The van der Waals surface area contributed by atoms with Crippen LogP contribution in [0.1, 0.15) is 6.42 Å². The first-order chi connectivity index (χ1) is 4.69. The predicted molar refractivity (Wildman–Crippen MR) is 40.2 cm³/mol. The van der Waals surface area contributed by atoms with Crippen molar-refractivity contribution in [3.63, 3.8) is 0 Å². The molecule has 1 unspecified atom stereocenters. The Kier molecular flexibility index (Phi) is 1.91. The van der Waals surface area contributed by atoms with Crippen LogP contribution in [0.25, 0.3) is 0 Å². The van der Waals surface area contributed by atoms with Crippen LogP contribution in [-0.4, -0.2) is 4.32 Å². The molecule has 1 atom stereocenters. The number of alkyl halides is 1. The Morgan fingerprint density at radius 3 is 2.90 bits per heavy atom. The summed E-state index contributed by atoms with van der Waals surface area (Å²) in [5, 5.41) is 8.51. The molecule has 0 radical (unpaired) electrons. The highest BCUT2D eigenvalue weighted by molar-refractivity contribution is 9.10. The van der Waals surface area contributed by atoms with Crippen LogP contribution in [0.4, 0.5) is 4.39 Å². The summed E-state index contributed by atoms with van der Waals surface area (Å²) < 4.78 is 11.7. The van der Waals surface area contributed by atoms with E-state index in [9.17, 15) is 4.39 Å².